The number of nitrogens with zero attached hydrogens (tertiary/aromatic N) is 1. The van der Waals surface area contributed by atoms with Crippen molar-refractivity contribution in [1.82, 2.24) is 4.98 Å². The number of benzene rings is 1. The number of halogens is 9. The Morgan fingerprint density at radius 3 is 1.64 bits per heavy atom. The molecule has 0 bridgehead atoms. The number of rotatable bonds is 1. The maximum Gasteiger partial charge on any atom is 0.434 e. The summed E-state index contributed by atoms with van der Waals surface area (Å²) in [5.74, 6) is 0. The molecule has 0 radical (unpaired) electrons. The third kappa shape index (κ3) is 3.10. The van der Waals surface area contributed by atoms with Crippen LogP contribution in [0.25, 0.3) is 11.1 Å². The Morgan fingerprint density at radius 1 is 0.727 bits per heavy atom. The van der Waals surface area contributed by atoms with E-state index in [-0.39, 0.29) is 35.7 Å². The van der Waals surface area contributed by atoms with Gasteiger partial charge in [-0.25, -0.2) is 0 Å². The number of hydrogen-bond acceptors (Lipinski definition) is 1. The van der Waals surface area contributed by atoms with Crippen LogP contribution >= 0.6 is 69.6 Å². The minimum atomic E-state index is -4.79. The Labute approximate surface area is 152 Å². The fraction of sp³-hybridized carbons (Fsp3) is 0.0833. The molecule has 22 heavy (non-hydrogen) atoms. The second-order valence-electron chi connectivity index (χ2n) is 3.96. The molecule has 0 atom stereocenters. The predicted octanol–water partition coefficient (Wildman–Crippen LogP) is 7.69. The van der Waals surface area contributed by atoms with E-state index < -0.39 is 17.4 Å². The first-order valence-electron chi connectivity index (χ1n) is 5.30. The van der Waals surface area contributed by atoms with Crippen LogP contribution in [-0.2, 0) is 6.18 Å². The van der Waals surface area contributed by atoms with Gasteiger partial charge < -0.3 is 0 Å². The molecule has 2 rings (SSSR count). The molecule has 0 N–H and O–H groups in total. The zero-order valence-electron chi connectivity index (χ0n) is 10.0. The summed E-state index contributed by atoms with van der Waals surface area (Å²) < 4.78 is 39.5. The summed E-state index contributed by atoms with van der Waals surface area (Å²) in [5, 5.41) is -1.51. The molecule has 0 saturated carbocycles. The summed E-state index contributed by atoms with van der Waals surface area (Å²) in [6.45, 7) is 0. The van der Waals surface area contributed by atoms with Gasteiger partial charge in [0.05, 0.1) is 30.1 Å². The fourth-order valence-electron chi connectivity index (χ4n) is 1.72. The summed E-state index contributed by atoms with van der Waals surface area (Å²) in [7, 11) is 0. The highest BCUT2D eigenvalue weighted by Gasteiger charge is 2.38. The molecule has 1 aromatic heterocycles. The van der Waals surface area contributed by atoms with E-state index in [0.29, 0.717) is 0 Å². The molecule has 0 saturated heterocycles. The Hall–Kier alpha value is -0.100. The molecular weight excluding hydrogens is 428 g/mol. The summed E-state index contributed by atoms with van der Waals surface area (Å²) in [5.41, 5.74) is -2.07. The van der Waals surface area contributed by atoms with Gasteiger partial charge in [-0.2, -0.15) is 13.2 Å². The third-order valence-electron chi connectivity index (χ3n) is 2.63. The van der Waals surface area contributed by atoms with Gasteiger partial charge in [-0.05, 0) is 6.07 Å². The first-order chi connectivity index (χ1) is 10.1. The lowest BCUT2D eigenvalue weighted by molar-refractivity contribution is -0.140. The van der Waals surface area contributed by atoms with Crippen molar-refractivity contribution in [2.45, 2.75) is 6.18 Å². The summed E-state index contributed by atoms with van der Waals surface area (Å²) in [6, 6.07) is 1.16. The highest BCUT2D eigenvalue weighted by Crippen LogP contribution is 2.51. The summed E-state index contributed by atoms with van der Waals surface area (Å²) in [4.78, 5) is 3.31. The highest BCUT2D eigenvalue weighted by atomic mass is 35.5. The van der Waals surface area contributed by atoms with Gasteiger partial charge in [0.15, 0.2) is 5.69 Å². The van der Waals surface area contributed by atoms with Gasteiger partial charge in [-0.1, -0.05) is 69.6 Å². The van der Waals surface area contributed by atoms with Gasteiger partial charge >= 0.3 is 6.18 Å². The first kappa shape index (κ1) is 18.2. The molecule has 0 aliphatic heterocycles. The van der Waals surface area contributed by atoms with E-state index in [0.717, 1.165) is 12.3 Å². The molecular formula is C12H2Cl6F3N. The zero-order valence-corrected chi connectivity index (χ0v) is 14.5. The predicted molar refractivity (Wildman–Crippen MR) is 84.7 cm³/mol. The van der Waals surface area contributed by atoms with Crippen molar-refractivity contribution < 1.29 is 13.2 Å². The molecule has 0 spiro atoms. The van der Waals surface area contributed by atoms with Crippen LogP contribution in [0.4, 0.5) is 13.2 Å². The van der Waals surface area contributed by atoms with Crippen molar-refractivity contribution in [2.24, 2.45) is 0 Å². The molecule has 0 aliphatic rings. The topological polar surface area (TPSA) is 12.9 Å². The maximum absolute atomic E-state index is 13.2. The van der Waals surface area contributed by atoms with Crippen molar-refractivity contribution in [3.63, 3.8) is 0 Å². The van der Waals surface area contributed by atoms with Crippen molar-refractivity contribution >= 4 is 69.6 Å². The maximum atomic E-state index is 13.2. The summed E-state index contributed by atoms with van der Waals surface area (Å²) in [6.07, 6.45) is -3.87. The molecule has 1 heterocycles. The van der Waals surface area contributed by atoms with Gasteiger partial charge in [-0.15, -0.1) is 0 Å². The number of pyridine rings is 1. The number of aromatic nitrogens is 1. The van der Waals surface area contributed by atoms with Crippen LogP contribution in [0, 0.1) is 0 Å². The second-order valence-corrected chi connectivity index (χ2v) is 6.26. The van der Waals surface area contributed by atoms with Crippen LogP contribution in [0.1, 0.15) is 5.69 Å². The molecule has 0 unspecified atom stereocenters. The van der Waals surface area contributed by atoms with Crippen molar-refractivity contribution in [3.8, 4) is 11.1 Å². The van der Waals surface area contributed by atoms with Gasteiger partial charge in [0, 0.05) is 17.3 Å². The lowest BCUT2D eigenvalue weighted by Gasteiger charge is -2.17. The second kappa shape index (κ2) is 6.42. The Bertz CT molecular complexity index is 730. The van der Waals surface area contributed by atoms with E-state index in [1.54, 1.807) is 0 Å². The van der Waals surface area contributed by atoms with Crippen LogP contribution in [0.15, 0.2) is 12.3 Å². The quantitative estimate of drug-likeness (QED) is 0.334. The SMILES string of the molecule is FC(F)(F)c1nccc(Cl)c1-c1c(Cl)c(Cl)c(Cl)c(Cl)c1Cl. The van der Waals surface area contributed by atoms with Gasteiger partial charge in [0.1, 0.15) is 0 Å². The van der Waals surface area contributed by atoms with E-state index in [4.69, 9.17) is 69.6 Å². The minimum Gasteiger partial charge on any atom is -0.251 e. The Balaban J connectivity index is 2.96. The van der Waals surface area contributed by atoms with Crippen LogP contribution in [-0.4, -0.2) is 4.98 Å². The molecule has 0 aliphatic carbocycles. The fourth-order valence-corrected chi connectivity index (χ4v) is 3.28. The average Bonchev–Trinajstić information content (AvgIpc) is 2.43. The molecule has 0 amide bonds. The zero-order chi connectivity index (χ0) is 16.8. The van der Waals surface area contributed by atoms with Crippen molar-refractivity contribution in [2.75, 3.05) is 0 Å². The summed E-state index contributed by atoms with van der Waals surface area (Å²) >= 11 is 35.4. The van der Waals surface area contributed by atoms with Crippen LogP contribution < -0.4 is 0 Å². The third-order valence-corrected chi connectivity index (χ3v) is 5.22. The monoisotopic (exact) mass is 427 g/mol. The van der Waals surface area contributed by atoms with E-state index in [1.165, 1.54) is 0 Å². The van der Waals surface area contributed by atoms with E-state index in [2.05, 4.69) is 4.98 Å². The molecule has 1 nitrogen and oxygen atoms in total. The van der Waals surface area contributed by atoms with Gasteiger partial charge in [-0.3, -0.25) is 4.98 Å². The smallest absolute Gasteiger partial charge is 0.251 e. The van der Waals surface area contributed by atoms with E-state index in [1.807, 2.05) is 0 Å². The van der Waals surface area contributed by atoms with E-state index >= 15 is 0 Å². The van der Waals surface area contributed by atoms with Gasteiger partial charge in [0.25, 0.3) is 0 Å². The van der Waals surface area contributed by atoms with Crippen molar-refractivity contribution in [1.29, 1.82) is 0 Å². The Kier molecular flexibility index (Phi) is 5.32. The average molecular weight is 430 g/mol. The molecule has 1 aromatic carbocycles. The lowest BCUT2D eigenvalue weighted by Crippen LogP contribution is -2.10. The molecule has 2 aromatic rings. The number of alkyl halides is 3. The van der Waals surface area contributed by atoms with Crippen molar-refractivity contribution in [3.05, 3.63) is 48.1 Å². The Morgan fingerprint density at radius 2 is 1.18 bits per heavy atom. The van der Waals surface area contributed by atoms with Crippen LogP contribution in [0.3, 0.4) is 0 Å². The van der Waals surface area contributed by atoms with Gasteiger partial charge in [0.2, 0.25) is 0 Å². The standard InChI is InChI=1S/C12H2Cl6F3N/c13-3-1-2-22-11(12(19,20)21)4(3)5-6(14)8(16)10(18)9(17)7(5)15/h1-2H. The minimum absolute atomic E-state index is 0.171. The normalized spacial score (nSPS) is 11.9. The van der Waals surface area contributed by atoms with Crippen LogP contribution in [0.5, 0.6) is 0 Å². The lowest BCUT2D eigenvalue weighted by atomic mass is 10.0. The van der Waals surface area contributed by atoms with E-state index in [9.17, 15) is 13.2 Å². The van der Waals surface area contributed by atoms with Crippen LogP contribution in [0.2, 0.25) is 30.1 Å². The largest absolute Gasteiger partial charge is 0.434 e. The molecule has 118 valence electrons. The highest BCUT2D eigenvalue weighted by molar-refractivity contribution is 6.56. The molecule has 0 fully saturated rings. The first-order valence-corrected chi connectivity index (χ1v) is 7.57. The molecule has 10 heteroatoms. The number of hydrogen-bond donors (Lipinski definition) is 0.